The molecule has 0 aromatic heterocycles. The van der Waals surface area contributed by atoms with Gasteiger partial charge in [-0.2, -0.15) is 0 Å². The van der Waals surface area contributed by atoms with Gasteiger partial charge < -0.3 is 5.32 Å². The van der Waals surface area contributed by atoms with Gasteiger partial charge in [-0.25, -0.2) is 0 Å². The number of nitrogens with one attached hydrogen (secondary N) is 1. The van der Waals surface area contributed by atoms with Crippen LogP contribution in [0.5, 0.6) is 0 Å². The van der Waals surface area contributed by atoms with E-state index in [1.807, 2.05) is 0 Å². The fourth-order valence-electron chi connectivity index (χ4n) is 1.14. The predicted octanol–water partition coefficient (Wildman–Crippen LogP) is 2.10. The average molecular weight is 189 g/mol. The summed E-state index contributed by atoms with van der Waals surface area (Å²) in [5.41, 5.74) is 1.96. The Labute approximate surface area is 82.4 Å². The first-order valence-electron chi connectivity index (χ1n) is 4.16. The zero-order valence-electron chi connectivity index (χ0n) is 7.91. The van der Waals surface area contributed by atoms with Crippen LogP contribution in [-0.4, -0.2) is 12.2 Å². The summed E-state index contributed by atoms with van der Waals surface area (Å²) < 4.78 is 0. The monoisotopic (exact) mass is 189 g/mol. The third kappa shape index (κ3) is 2.07. The molecule has 0 spiro atoms. The van der Waals surface area contributed by atoms with Gasteiger partial charge in [0.05, 0.1) is 0 Å². The normalized spacial score (nSPS) is 9.21. The summed E-state index contributed by atoms with van der Waals surface area (Å²) in [4.78, 5) is 21.4. The van der Waals surface area contributed by atoms with E-state index in [0.29, 0.717) is 17.7 Å². The molecule has 0 unspecified atom stereocenters. The van der Waals surface area contributed by atoms with Gasteiger partial charge >= 0.3 is 0 Å². The molecular formula is C11H11NO2. The molecular weight excluding hydrogens is 178 g/mol. The molecule has 1 aromatic carbocycles. The Kier molecular flexibility index (Phi) is 3.18. The van der Waals surface area contributed by atoms with Gasteiger partial charge in [-0.15, -0.1) is 0 Å². The zero-order valence-corrected chi connectivity index (χ0v) is 7.91. The minimum absolute atomic E-state index is 0.0328. The lowest BCUT2D eigenvalue weighted by molar-refractivity contribution is -0.105. The molecule has 72 valence electrons. The molecule has 0 heterocycles. The molecule has 3 nitrogen and oxygen atoms in total. The third-order valence-corrected chi connectivity index (χ3v) is 1.89. The van der Waals surface area contributed by atoms with Crippen LogP contribution in [0.1, 0.15) is 22.8 Å². The molecule has 0 radical (unpaired) electrons. The Morgan fingerprint density at radius 3 is 2.71 bits per heavy atom. The number of amides is 1. The second-order valence-corrected chi connectivity index (χ2v) is 2.82. The molecule has 0 atom stereocenters. The Hall–Kier alpha value is -1.90. The van der Waals surface area contributed by atoms with E-state index in [0.717, 1.165) is 5.56 Å². The van der Waals surface area contributed by atoms with Crippen molar-refractivity contribution in [3.05, 3.63) is 35.9 Å². The number of benzene rings is 1. The number of carbonyl (C=O) groups is 2. The van der Waals surface area contributed by atoms with Crippen molar-refractivity contribution in [2.45, 2.75) is 6.92 Å². The van der Waals surface area contributed by atoms with Crippen molar-refractivity contribution < 1.29 is 9.59 Å². The van der Waals surface area contributed by atoms with Crippen LogP contribution in [0, 0.1) is 0 Å². The SMILES string of the molecule is C=Cc1ccc(C(C)=O)cc1NC=O. The topological polar surface area (TPSA) is 46.2 Å². The summed E-state index contributed by atoms with van der Waals surface area (Å²) >= 11 is 0. The first kappa shape index (κ1) is 10.2. The van der Waals surface area contributed by atoms with Crippen LogP contribution < -0.4 is 5.32 Å². The maximum atomic E-state index is 11.1. The lowest BCUT2D eigenvalue weighted by Gasteiger charge is -2.05. The molecule has 1 rings (SSSR count). The number of anilines is 1. The fraction of sp³-hybridized carbons (Fsp3) is 0.0909. The summed E-state index contributed by atoms with van der Waals surface area (Å²) in [7, 11) is 0. The molecule has 0 fully saturated rings. The first-order chi connectivity index (χ1) is 6.69. The highest BCUT2D eigenvalue weighted by atomic mass is 16.1. The molecule has 3 heteroatoms. The highest BCUT2D eigenvalue weighted by Crippen LogP contribution is 2.18. The molecule has 1 amide bonds. The van der Waals surface area contributed by atoms with Crippen LogP contribution in [0.25, 0.3) is 6.08 Å². The van der Waals surface area contributed by atoms with E-state index in [-0.39, 0.29) is 5.78 Å². The average Bonchev–Trinajstić information content (AvgIpc) is 2.18. The number of ketones is 1. The molecule has 1 aromatic rings. The minimum Gasteiger partial charge on any atom is -0.328 e. The first-order valence-corrected chi connectivity index (χ1v) is 4.16. The quantitative estimate of drug-likeness (QED) is 0.582. The van der Waals surface area contributed by atoms with E-state index >= 15 is 0 Å². The maximum absolute atomic E-state index is 11.1. The van der Waals surface area contributed by atoms with Gasteiger partial charge in [0.2, 0.25) is 6.41 Å². The van der Waals surface area contributed by atoms with Gasteiger partial charge in [-0.1, -0.05) is 24.8 Å². The maximum Gasteiger partial charge on any atom is 0.211 e. The van der Waals surface area contributed by atoms with Crippen molar-refractivity contribution in [1.82, 2.24) is 0 Å². The lowest BCUT2D eigenvalue weighted by Crippen LogP contribution is -1.99. The van der Waals surface area contributed by atoms with E-state index in [1.165, 1.54) is 6.92 Å². The van der Waals surface area contributed by atoms with Gasteiger partial charge in [-0.3, -0.25) is 9.59 Å². The molecule has 0 bridgehead atoms. The van der Waals surface area contributed by atoms with Crippen molar-refractivity contribution in [3.63, 3.8) is 0 Å². The van der Waals surface area contributed by atoms with E-state index in [9.17, 15) is 9.59 Å². The Bertz CT molecular complexity index is 383. The smallest absolute Gasteiger partial charge is 0.211 e. The van der Waals surface area contributed by atoms with Gasteiger partial charge in [0.1, 0.15) is 0 Å². The van der Waals surface area contributed by atoms with Crippen molar-refractivity contribution >= 4 is 24.0 Å². The molecule has 0 aliphatic heterocycles. The number of Topliss-reactive ketones (excluding diaryl/α,β-unsaturated/α-hetero) is 1. The van der Waals surface area contributed by atoms with Crippen molar-refractivity contribution in [2.75, 3.05) is 5.32 Å². The van der Waals surface area contributed by atoms with Crippen LogP contribution >= 0.6 is 0 Å². The van der Waals surface area contributed by atoms with Gasteiger partial charge in [0.15, 0.2) is 5.78 Å². The summed E-state index contributed by atoms with van der Waals surface area (Å²) in [6.45, 7) is 5.09. The second kappa shape index (κ2) is 4.37. The second-order valence-electron chi connectivity index (χ2n) is 2.82. The van der Waals surface area contributed by atoms with Crippen LogP contribution in [-0.2, 0) is 4.79 Å². The van der Waals surface area contributed by atoms with Crippen LogP contribution in [0.3, 0.4) is 0 Å². The van der Waals surface area contributed by atoms with Crippen molar-refractivity contribution in [2.24, 2.45) is 0 Å². The summed E-state index contributed by atoms with van der Waals surface area (Å²) in [6.07, 6.45) is 2.20. The number of carbonyl (C=O) groups excluding carboxylic acids is 2. The molecule has 0 saturated carbocycles. The van der Waals surface area contributed by atoms with E-state index in [4.69, 9.17) is 0 Å². The summed E-state index contributed by atoms with van der Waals surface area (Å²) in [5, 5.41) is 2.52. The van der Waals surface area contributed by atoms with Crippen molar-refractivity contribution in [1.29, 1.82) is 0 Å². The Morgan fingerprint density at radius 1 is 1.50 bits per heavy atom. The molecule has 0 saturated heterocycles. The molecule has 0 aliphatic carbocycles. The van der Waals surface area contributed by atoms with E-state index in [2.05, 4.69) is 11.9 Å². The van der Waals surface area contributed by atoms with E-state index in [1.54, 1.807) is 24.3 Å². The Balaban J connectivity index is 3.19. The fourth-order valence-corrected chi connectivity index (χ4v) is 1.14. The van der Waals surface area contributed by atoms with Gasteiger partial charge in [0.25, 0.3) is 0 Å². The largest absolute Gasteiger partial charge is 0.328 e. The third-order valence-electron chi connectivity index (χ3n) is 1.89. The van der Waals surface area contributed by atoms with Gasteiger partial charge in [-0.05, 0) is 18.6 Å². The molecule has 1 N–H and O–H groups in total. The van der Waals surface area contributed by atoms with Gasteiger partial charge in [0, 0.05) is 11.3 Å². The van der Waals surface area contributed by atoms with Crippen molar-refractivity contribution in [3.8, 4) is 0 Å². The van der Waals surface area contributed by atoms with E-state index < -0.39 is 0 Å². The summed E-state index contributed by atoms with van der Waals surface area (Å²) in [5.74, 6) is -0.0328. The van der Waals surface area contributed by atoms with Crippen LogP contribution in [0.2, 0.25) is 0 Å². The highest BCUT2D eigenvalue weighted by molar-refractivity contribution is 5.96. The number of hydrogen-bond donors (Lipinski definition) is 1. The van der Waals surface area contributed by atoms with Crippen LogP contribution in [0.15, 0.2) is 24.8 Å². The zero-order chi connectivity index (χ0) is 10.6. The number of hydrogen-bond acceptors (Lipinski definition) is 2. The standard InChI is InChI=1S/C11H11NO2/c1-3-9-4-5-10(8(2)14)6-11(9)12-7-13/h3-7H,1H2,2H3,(H,12,13). The van der Waals surface area contributed by atoms with Crippen LogP contribution in [0.4, 0.5) is 5.69 Å². The molecule has 0 aliphatic rings. The number of rotatable bonds is 4. The lowest BCUT2D eigenvalue weighted by atomic mass is 10.1. The predicted molar refractivity (Wildman–Crippen MR) is 56.2 cm³/mol. The Morgan fingerprint density at radius 2 is 2.21 bits per heavy atom. The summed E-state index contributed by atoms with van der Waals surface area (Å²) in [6, 6.07) is 5.08. The highest BCUT2D eigenvalue weighted by Gasteiger charge is 2.03. The molecule has 14 heavy (non-hydrogen) atoms. The minimum atomic E-state index is -0.0328.